The third-order valence-corrected chi connectivity index (χ3v) is 3.67. The lowest BCUT2D eigenvalue weighted by Gasteiger charge is -2.13. The molecule has 0 amide bonds. The first-order valence-electron chi connectivity index (χ1n) is 7.38. The lowest BCUT2D eigenvalue weighted by molar-refractivity contribution is 0.731. The van der Waals surface area contributed by atoms with Gasteiger partial charge in [0.05, 0.1) is 0 Å². The SMILES string of the molecule is c1ccc(-c2ccccc2NC2=NCCCCC2)cc1. The summed E-state index contributed by atoms with van der Waals surface area (Å²) in [6.07, 6.45) is 4.79. The highest BCUT2D eigenvalue weighted by atomic mass is 15.0. The van der Waals surface area contributed by atoms with Crippen LogP contribution in [0.25, 0.3) is 11.1 Å². The Bertz CT molecular complexity index is 587. The van der Waals surface area contributed by atoms with Crippen molar-refractivity contribution in [1.82, 2.24) is 0 Å². The van der Waals surface area contributed by atoms with E-state index in [1.165, 1.54) is 30.4 Å². The number of aliphatic imine (C=N–C) groups is 1. The maximum absolute atomic E-state index is 4.66. The summed E-state index contributed by atoms with van der Waals surface area (Å²) in [7, 11) is 0. The molecule has 2 nitrogen and oxygen atoms in total. The van der Waals surface area contributed by atoms with Gasteiger partial charge in [-0.2, -0.15) is 0 Å². The van der Waals surface area contributed by atoms with E-state index in [1.807, 2.05) is 0 Å². The molecule has 2 heteroatoms. The Morgan fingerprint density at radius 2 is 1.60 bits per heavy atom. The molecule has 2 aromatic rings. The Labute approximate surface area is 120 Å². The summed E-state index contributed by atoms with van der Waals surface area (Å²) in [5, 5.41) is 3.54. The number of para-hydroxylation sites is 1. The molecule has 0 aliphatic carbocycles. The summed E-state index contributed by atoms with van der Waals surface area (Å²) in [6.45, 7) is 0.954. The molecule has 0 unspecified atom stereocenters. The van der Waals surface area contributed by atoms with Crippen LogP contribution in [-0.4, -0.2) is 12.4 Å². The van der Waals surface area contributed by atoms with E-state index < -0.39 is 0 Å². The first-order chi connectivity index (χ1) is 9.93. The lowest BCUT2D eigenvalue weighted by Crippen LogP contribution is -2.12. The van der Waals surface area contributed by atoms with Gasteiger partial charge < -0.3 is 5.32 Å². The van der Waals surface area contributed by atoms with Crippen molar-refractivity contribution in [3.05, 3.63) is 54.6 Å². The highest BCUT2D eigenvalue weighted by Crippen LogP contribution is 2.28. The molecule has 0 atom stereocenters. The van der Waals surface area contributed by atoms with Crippen LogP contribution in [0, 0.1) is 0 Å². The van der Waals surface area contributed by atoms with Crippen molar-refractivity contribution in [2.75, 3.05) is 11.9 Å². The third-order valence-electron chi connectivity index (χ3n) is 3.67. The van der Waals surface area contributed by atoms with Crippen molar-refractivity contribution in [2.45, 2.75) is 25.7 Å². The molecule has 0 radical (unpaired) electrons. The molecular weight excluding hydrogens is 244 g/mol. The van der Waals surface area contributed by atoms with Crippen LogP contribution < -0.4 is 5.32 Å². The zero-order chi connectivity index (χ0) is 13.6. The number of nitrogens with one attached hydrogen (secondary N) is 1. The smallest absolute Gasteiger partial charge is 0.101 e. The number of hydrogen-bond donors (Lipinski definition) is 1. The highest BCUT2D eigenvalue weighted by molar-refractivity contribution is 5.99. The van der Waals surface area contributed by atoms with Gasteiger partial charge in [-0.05, 0) is 24.5 Å². The number of hydrogen-bond acceptors (Lipinski definition) is 2. The number of amidine groups is 1. The van der Waals surface area contributed by atoms with Crippen LogP contribution in [0.5, 0.6) is 0 Å². The minimum absolute atomic E-state index is 0.954. The molecule has 20 heavy (non-hydrogen) atoms. The molecule has 0 saturated carbocycles. The normalized spacial score (nSPS) is 15.3. The quantitative estimate of drug-likeness (QED) is 0.832. The van der Waals surface area contributed by atoms with Crippen molar-refractivity contribution >= 4 is 11.5 Å². The second kappa shape index (κ2) is 6.38. The molecule has 0 aromatic heterocycles. The Kier molecular flexibility index (Phi) is 4.12. The van der Waals surface area contributed by atoms with E-state index in [1.54, 1.807) is 0 Å². The fourth-order valence-corrected chi connectivity index (χ4v) is 2.59. The summed E-state index contributed by atoms with van der Waals surface area (Å²) < 4.78 is 0. The second-order valence-electron chi connectivity index (χ2n) is 5.18. The molecule has 0 fully saturated rings. The summed E-state index contributed by atoms with van der Waals surface area (Å²) in [5.41, 5.74) is 3.63. The van der Waals surface area contributed by atoms with Gasteiger partial charge in [-0.15, -0.1) is 0 Å². The maximum Gasteiger partial charge on any atom is 0.101 e. The van der Waals surface area contributed by atoms with Crippen molar-refractivity contribution in [3.63, 3.8) is 0 Å². The minimum atomic E-state index is 0.954. The van der Waals surface area contributed by atoms with Crippen LogP contribution >= 0.6 is 0 Å². The van der Waals surface area contributed by atoms with E-state index in [4.69, 9.17) is 0 Å². The second-order valence-corrected chi connectivity index (χ2v) is 5.18. The number of nitrogens with zero attached hydrogens (tertiary/aromatic N) is 1. The zero-order valence-electron chi connectivity index (χ0n) is 11.7. The molecule has 0 saturated heterocycles. The predicted molar refractivity (Wildman–Crippen MR) is 86.3 cm³/mol. The molecule has 3 rings (SSSR count). The van der Waals surface area contributed by atoms with Crippen LogP contribution in [0.2, 0.25) is 0 Å². The monoisotopic (exact) mass is 264 g/mol. The van der Waals surface area contributed by atoms with E-state index in [9.17, 15) is 0 Å². The lowest BCUT2D eigenvalue weighted by atomic mass is 10.0. The molecule has 1 aliphatic rings. The zero-order valence-corrected chi connectivity index (χ0v) is 11.7. The van der Waals surface area contributed by atoms with Crippen molar-refractivity contribution in [2.24, 2.45) is 4.99 Å². The van der Waals surface area contributed by atoms with Gasteiger partial charge in [-0.25, -0.2) is 0 Å². The van der Waals surface area contributed by atoms with Gasteiger partial charge in [0.2, 0.25) is 0 Å². The third kappa shape index (κ3) is 3.08. The van der Waals surface area contributed by atoms with Crippen LogP contribution in [-0.2, 0) is 0 Å². The van der Waals surface area contributed by atoms with Gasteiger partial charge in [-0.1, -0.05) is 55.0 Å². The van der Waals surface area contributed by atoms with Gasteiger partial charge in [0, 0.05) is 24.2 Å². The molecule has 1 aliphatic heterocycles. The van der Waals surface area contributed by atoms with Gasteiger partial charge in [-0.3, -0.25) is 4.99 Å². The standard InChI is InChI=1S/C18H20N2/c1-3-9-15(10-4-1)16-11-6-7-12-17(16)20-18-13-5-2-8-14-19-18/h1,3-4,6-7,9-12H,2,5,8,13-14H2,(H,19,20). The van der Waals surface area contributed by atoms with Crippen LogP contribution in [0.1, 0.15) is 25.7 Å². The Balaban J connectivity index is 1.88. The van der Waals surface area contributed by atoms with E-state index in [0.29, 0.717) is 0 Å². The molecule has 0 bridgehead atoms. The number of rotatable bonds is 2. The van der Waals surface area contributed by atoms with Gasteiger partial charge >= 0.3 is 0 Å². The maximum atomic E-state index is 4.66. The van der Waals surface area contributed by atoms with Crippen molar-refractivity contribution in [3.8, 4) is 11.1 Å². The van der Waals surface area contributed by atoms with Gasteiger partial charge in [0.15, 0.2) is 0 Å². The van der Waals surface area contributed by atoms with Crippen molar-refractivity contribution in [1.29, 1.82) is 0 Å². The minimum Gasteiger partial charge on any atom is -0.344 e. The summed E-state index contributed by atoms with van der Waals surface area (Å²) in [5.74, 6) is 1.13. The Hall–Kier alpha value is -2.09. The first kappa shape index (κ1) is 12.9. The molecule has 0 spiro atoms. The molecule has 1 heterocycles. The fraction of sp³-hybridized carbons (Fsp3) is 0.278. The Morgan fingerprint density at radius 1 is 0.800 bits per heavy atom. The molecule has 1 N–H and O–H groups in total. The summed E-state index contributed by atoms with van der Waals surface area (Å²) in [4.78, 5) is 4.66. The van der Waals surface area contributed by atoms with Crippen LogP contribution in [0.3, 0.4) is 0 Å². The number of benzene rings is 2. The first-order valence-corrected chi connectivity index (χ1v) is 7.38. The van der Waals surface area contributed by atoms with E-state index >= 15 is 0 Å². The Morgan fingerprint density at radius 3 is 2.50 bits per heavy atom. The van der Waals surface area contributed by atoms with Gasteiger partial charge in [0.1, 0.15) is 5.84 Å². The van der Waals surface area contributed by atoms with Crippen LogP contribution in [0.15, 0.2) is 59.6 Å². The highest BCUT2D eigenvalue weighted by Gasteiger charge is 2.08. The van der Waals surface area contributed by atoms with E-state index in [-0.39, 0.29) is 0 Å². The predicted octanol–water partition coefficient (Wildman–Crippen LogP) is 4.74. The van der Waals surface area contributed by atoms with E-state index in [2.05, 4.69) is 64.9 Å². The number of anilines is 1. The fourth-order valence-electron chi connectivity index (χ4n) is 2.59. The van der Waals surface area contributed by atoms with Crippen LogP contribution in [0.4, 0.5) is 5.69 Å². The average molecular weight is 264 g/mol. The molecule has 2 aromatic carbocycles. The van der Waals surface area contributed by atoms with Crippen molar-refractivity contribution < 1.29 is 0 Å². The largest absolute Gasteiger partial charge is 0.344 e. The summed E-state index contributed by atoms with van der Waals surface area (Å²) in [6, 6.07) is 19.0. The molecule has 102 valence electrons. The average Bonchev–Trinajstić information content (AvgIpc) is 2.77. The molecular formula is C18H20N2. The topological polar surface area (TPSA) is 24.4 Å². The van der Waals surface area contributed by atoms with Gasteiger partial charge in [0.25, 0.3) is 0 Å². The van der Waals surface area contributed by atoms with E-state index in [0.717, 1.165) is 24.5 Å². The summed E-state index contributed by atoms with van der Waals surface area (Å²) >= 11 is 0.